The van der Waals surface area contributed by atoms with Crippen molar-refractivity contribution < 1.29 is 9.90 Å². The highest BCUT2D eigenvalue weighted by atomic mass is 16.3. The quantitative estimate of drug-likeness (QED) is 0.566. The number of carbonyl (C=O) groups is 1. The van der Waals surface area contributed by atoms with E-state index in [9.17, 15) is 9.90 Å². The van der Waals surface area contributed by atoms with Crippen molar-refractivity contribution in [3.8, 4) is 0 Å². The van der Waals surface area contributed by atoms with Crippen molar-refractivity contribution >= 4 is 5.78 Å². The van der Waals surface area contributed by atoms with E-state index in [4.69, 9.17) is 0 Å². The first-order chi connectivity index (χ1) is 13.8. The maximum absolute atomic E-state index is 12.0. The first-order valence-corrected chi connectivity index (χ1v) is 12.3. The largest absolute Gasteiger partial charge is 0.396 e. The van der Waals surface area contributed by atoms with E-state index in [2.05, 4.69) is 39.8 Å². The molecule has 0 saturated heterocycles. The summed E-state index contributed by atoms with van der Waals surface area (Å²) < 4.78 is 0. The van der Waals surface area contributed by atoms with Gasteiger partial charge in [-0.05, 0) is 96.5 Å². The lowest BCUT2D eigenvalue weighted by Gasteiger charge is -2.56. The minimum Gasteiger partial charge on any atom is -0.396 e. The summed E-state index contributed by atoms with van der Waals surface area (Å²) in [5, 5.41) is 9.31. The van der Waals surface area contributed by atoms with Crippen molar-refractivity contribution in [1.29, 1.82) is 0 Å². The molecule has 8 atom stereocenters. The van der Waals surface area contributed by atoms with Gasteiger partial charge in [0.2, 0.25) is 0 Å². The summed E-state index contributed by atoms with van der Waals surface area (Å²) in [4.78, 5) is 12.0. The molecule has 0 aromatic heterocycles. The minimum absolute atomic E-state index is 0.221. The molecule has 0 radical (unpaired) electrons. The predicted molar refractivity (Wildman–Crippen MR) is 119 cm³/mol. The lowest BCUT2D eigenvalue weighted by molar-refractivity contribution is -0.116. The summed E-state index contributed by atoms with van der Waals surface area (Å²) >= 11 is 0. The molecule has 2 nitrogen and oxygen atoms in total. The summed E-state index contributed by atoms with van der Waals surface area (Å²) in [5.41, 5.74) is 2.02. The molecule has 0 aromatic rings. The number of hydrogen-bond acceptors (Lipinski definition) is 2. The van der Waals surface area contributed by atoms with Crippen molar-refractivity contribution in [3.05, 3.63) is 23.8 Å². The summed E-state index contributed by atoms with van der Waals surface area (Å²) in [5.74, 6) is 4.66. The van der Waals surface area contributed by atoms with E-state index in [-0.39, 0.29) is 5.41 Å². The van der Waals surface area contributed by atoms with E-state index in [1.54, 1.807) is 0 Å². The van der Waals surface area contributed by atoms with Crippen LogP contribution in [0.25, 0.3) is 0 Å². The van der Waals surface area contributed by atoms with Gasteiger partial charge >= 0.3 is 0 Å². The molecule has 0 amide bonds. The van der Waals surface area contributed by atoms with Crippen molar-refractivity contribution in [3.63, 3.8) is 0 Å². The zero-order valence-electron chi connectivity index (χ0n) is 19.1. The fourth-order valence-electron chi connectivity index (χ4n) is 8.05. The van der Waals surface area contributed by atoms with E-state index < -0.39 is 0 Å². The molecular formula is C27H42O2. The lowest BCUT2D eigenvalue weighted by atomic mass is 9.48. The molecule has 4 rings (SSSR count). The zero-order valence-corrected chi connectivity index (χ0v) is 19.1. The number of aliphatic hydroxyl groups is 1. The standard InChI is InChI=1S/C27H42O2/c1-18(17-28)6-5-7-19(2)23-10-11-24-22-9-8-20-16-21(29)12-14-26(20,3)25(22)13-15-27(23,24)4/h8-9,16,18-19,22-25,28H,5-7,10-15,17H2,1-4H3/t18?,19?,22?,23-,24?,25?,26+,27-/m1/s1. The van der Waals surface area contributed by atoms with Gasteiger partial charge in [-0.1, -0.05) is 52.7 Å². The van der Waals surface area contributed by atoms with E-state index in [1.165, 1.54) is 44.1 Å². The molecule has 162 valence electrons. The Bertz CT molecular complexity index is 691. The second-order valence-corrected chi connectivity index (χ2v) is 11.6. The van der Waals surface area contributed by atoms with Crippen LogP contribution in [0.5, 0.6) is 0 Å². The van der Waals surface area contributed by atoms with Gasteiger partial charge in [0.25, 0.3) is 0 Å². The van der Waals surface area contributed by atoms with Crippen LogP contribution in [0.15, 0.2) is 23.8 Å². The summed E-state index contributed by atoms with van der Waals surface area (Å²) in [6, 6.07) is 0. The van der Waals surface area contributed by atoms with Crippen LogP contribution in [0.3, 0.4) is 0 Å². The molecule has 2 fully saturated rings. The Balaban J connectivity index is 1.49. The minimum atomic E-state index is 0.221. The second kappa shape index (κ2) is 7.98. The number of rotatable bonds is 6. The summed E-state index contributed by atoms with van der Waals surface area (Å²) in [6.45, 7) is 10.1. The molecule has 0 aromatic carbocycles. The fourth-order valence-corrected chi connectivity index (χ4v) is 8.05. The molecule has 4 aliphatic carbocycles. The van der Waals surface area contributed by atoms with Crippen LogP contribution < -0.4 is 0 Å². The number of carbonyl (C=O) groups excluding carboxylic acids is 1. The van der Waals surface area contributed by atoms with Gasteiger partial charge in [0.05, 0.1) is 0 Å². The van der Waals surface area contributed by atoms with Crippen molar-refractivity contribution in [1.82, 2.24) is 0 Å². The smallest absolute Gasteiger partial charge is 0.156 e. The molecule has 0 bridgehead atoms. The monoisotopic (exact) mass is 398 g/mol. The SMILES string of the molecule is CC(CO)CCCC(C)[C@H]1CCC2C3C=CC4=CC(=O)CC[C@]4(C)C3CC[C@@]21C. The third kappa shape index (κ3) is 3.58. The Kier molecular flexibility index (Phi) is 5.88. The maximum atomic E-state index is 12.0. The Morgan fingerprint density at radius 3 is 2.66 bits per heavy atom. The van der Waals surface area contributed by atoms with Crippen LogP contribution in [-0.2, 0) is 4.79 Å². The predicted octanol–water partition coefficient (Wildman–Crippen LogP) is 6.35. The average molecular weight is 399 g/mol. The topological polar surface area (TPSA) is 37.3 Å². The normalized spacial score (nSPS) is 43.2. The highest BCUT2D eigenvalue weighted by Crippen LogP contribution is 2.66. The molecule has 5 unspecified atom stereocenters. The number of fused-ring (bicyclic) bond motifs is 5. The Morgan fingerprint density at radius 1 is 1.10 bits per heavy atom. The van der Waals surface area contributed by atoms with Gasteiger partial charge in [-0.2, -0.15) is 0 Å². The van der Waals surface area contributed by atoms with E-state index in [0.717, 1.165) is 42.9 Å². The van der Waals surface area contributed by atoms with E-state index in [1.807, 2.05) is 6.08 Å². The van der Waals surface area contributed by atoms with Gasteiger partial charge in [-0.15, -0.1) is 0 Å². The molecular weight excluding hydrogens is 356 g/mol. The highest BCUT2D eigenvalue weighted by Gasteiger charge is 2.58. The summed E-state index contributed by atoms with van der Waals surface area (Å²) in [7, 11) is 0. The van der Waals surface area contributed by atoms with Crippen molar-refractivity contribution in [2.24, 2.45) is 46.3 Å². The van der Waals surface area contributed by atoms with Crippen molar-refractivity contribution in [2.75, 3.05) is 6.61 Å². The highest BCUT2D eigenvalue weighted by molar-refractivity contribution is 5.92. The number of aliphatic hydroxyl groups excluding tert-OH is 1. The molecule has 2 saturated carbocycles. The number of ketones is 1. The van der Waals surface area contributed by atoms with Gasteiger partial charge in [-0.3, -0.25) is 4.79 Å². The molecule has 1 N–H and O–H groups in total. The van der Waals surface area contributed by atoms with Crippen LogP contribution in [0, 0.1) is 46.3 Å². The zero-order chi connectivity index (χ0) is 20.8. The van der Waals surface area contributed by atoms with Gasteiger partial charge in [0.1, 0.15) is 0 Å². The van der Waals surface area contributed by atoms with Gasteiger partial charge < -0.3 is 5.11 Å². The fraction of sp³-hybridized carbons (Fsp3) is 0.815. The Morgan fingerprint density at radius 2 is 1.90 bits per heavy atom. The molecule has 29 heavy (non-hydrogen) atoms. The first kappa shape index (κ1) is 21.3. The van der Waals surface area contributed by atoms with E-state index >= 15 is 0 Å². The van der Waals surface area contributed by atoms with Crippen molar-refractivity contribution in [2.45, 2.75) is 85.5 Å². The number of allylic oxidation sites excluding steroid dienone is 4. The maximum Gasteiger partial charge on any atom is 0.156 e. The molecule has 4 aliphatic rings. The third-order valence-corrected chi connectivity index (χ3v) is 9.94. The van der Waals surface area contributed by atoms with E-state index in [0.29, 0.717) is 29.6 Å². The molecule has 2 heteroatoms. The van der Waals surface area contributed by atoms with Crippen LogP contribution >= 0.6 is 0 Å². The van der Waals surface area contributed by atoms with Crippen LogP contribution in [0.2, 0.25) is 0 Å². The number of hydrogen-bond donors (Lipinski definition) is 1. The third-order valence-electron chi connectivity index (χ3n) is 9.94. The summed E-state index contributed by atoms with van der Waals surface area (Å²) in [6.07, 6.45) is 17.8. The van der Waals surface area contributed by atoms with Gasteiger partial charge in [-0.25, -0.2) is 0 Å². The molecule has 0 heterocycles. The van der Waals surface area contributed by atoms with Gasteiger partial charge in [0.15, 0.2) is 5.78 Å². The van der Waals surface area contributed by atoms with Gasteiger partial charge in [0, 0.05) is 13.0 Å². The van der Waals surface area contributed by atoms with Crippen LogP contribution in [-0.4, -0.2) is 17.5 Å². The Labute approximate surface area is 178 Å². The first-order valence-electron chi connectivity index (χ1n) is 12.3. The second-order valence-electron chi connectivity index (χ2n) is 11.6. The molecule has 0 aliphatic heterocycles. The lowest BCUT2D eigenvalue weighted by Crippen LogP contribution is -2.49. The van der Waals surface area contributed by atoms with Crippen LogP contribution in [0.4, 0.5) is 0 Å². The van der Waals surface area contributed by atoms with Crippen LogP contribution in [0.1, 0.15) is 85.5 Å². The average Bonchev–Trinajstić information content (AvgIpc) is 3.05. The Hall–Kier alpha value is -0.890. The molecule has 0 spiro atoms.